The SMILES string of the molecule is CN=C(NCc1ccc(S(=O)(=O)NC)cc1)NCC(C)(C)c1cccc(F)c1.I. The van der Waals surface area contributed by atoms with Crippen LogP contribution in [0.2, 0.25) is 0 Å². The van der Waals surface area contributed by atoms with Gasteiger partial charge in [0.1, 0.15) is 5.82 Å². The van der Waals surface area contributed by atoms with E-state index in [1.807, 2.05) is 19.9 Å². The van der Waals surface area contributed by atoms with Crippen LogP contribution in [0.3, 0.4) is 0 Å². The first-order chi connectivity index (χ1) is 13.2. The van der Waals surface area contributed by atoms with Gasteiger partial charge in [0.25, 0.3) is 0 Å². The molecular formula is C20H28FIN4O2S. The molecule has 0 aromatic heterocycles. The first-order valence-electron chi connectivity index (χ1n) is 8.91. The summed E-state index contributed by atoms with van der Waals surface area (Å²) in [5.74, 6) is 0.355. The monoisotopic (exact) mass is 534 g/mol. The average molecular weight is 534 g/mol. The number of hydrogen-bond donors (Lipinski definition) is 3. The number of guanidine groups is 1. The number of rotatable bonds is 7. The average Bonchev–Trinajstić information content (AvgIpc) is 2.68. The minimum Gasteiger partial charge on any atom is -0.356 e. The molecule has 2 aromatic carbocycles. The summed E-state index contributed by atoms with van der Waals surface area (Å²) in [6, 6.07) is 13.2. The minimum atomic E-state index is -3.44. The highest BCUT2D eigenvalue weighted by Gasteiger charge is 2.21. The van der Waals surface area contributed by atoms with E-state index in [1.165, 1.54) is 13.1 Å². The molecule has 0 atom stereocenters. The summed E-state index contributed by atoms with van der Waals surface area (Å²) in [6.07, 6.45) is 0. The van der Waals surface area contributed by atoms with Crippen LogP contribution >= 0.6 is 24.0 Å². The molecule has 0 radical (unpaired) electrons. The van der Waals surface area contributed by atoms with Crippen molar-refractivity contribution in [1.82, 2.24) is 15.4 Å². The Kier molecular flexibility index (Phi) is 9.50. The maximum absolute atomic E-state index is 13.5. The molecule has 0 heterocycles. The molecule has 6 nitrogen and oxygen atoms in total. The summed E-state index contributed by atoms with van der Waals surface area (Å²) in [6.45, 7) is 5.11. The summed E-state index contributed by atoms with van der Waals surface area (Å²) < 4.78 is 39.3. The lowest BCUT2D eigenvalue weighted by Gasteiger charge is -2.27. The van der Waals surface area contributed by atoms with Gasteiger partial charge in [0.2, 0.25) is 10.0 Å². The van der Waals surface area contributed by atoms with Gasteiger partial charge < -0.3 is 10.6 Å². The Morgan fingerprint density at radius 2 is 1.76 bits per heavy atom. The Morgan fingerprint density at radius 3 is 2.31 bits per heavy atom. The third-order valence-electron chi connectivity index (χ3n) is 4.49. The summed E-state index contributed by atoms with van der Waals surface area (Å²) in [4.78, 5) is 4.42. The number of nitrogens with one attached hydrogen (secondary N) is 3. The topological polar surface area (TPSA) is 82.6 Å². The number of nitrogens with zero attached hydrogens (tertiary/aromatic N) is 1. The maximum Gasteiger partial charge on any atom is 0.240 e. The van der Waals surface area contributed by atoms with Crippen LogP contribution < -0.4 is 15.4 Å². The van der Waals surface area contributed by atoms with E-state index in [0.29, 0.717) is 19.0 Å². The first kappa shape index (κ1) is 25.3. The molecule has 0 saturated heterocycles. The maximum atomic E-state index is 13.5. The molecule has 0 amide bonds. The normalized spacial score (nSPS) is 12.2. The molecule has 160 valence electrons. The largest absolute Gasteiger partial charge is 0.356 e. The Bertz CT molecular complexity index is 932. The van der Waals surface area contributed by atoms with Crippen molar-refractivity contribution < 1.29 is 12.8 Å². The van der Waals surface area contributed by atoms with Gasteiger partial charge in [0, 0.05) is 25.6 Å². The lowest BCUT2D eigenvalue weighted by atomic mass is 9.84. The molecular weight excluding hydrogens is 506 g/mol. The zero-order valence-corrected chi connectivity index (χ0v) is 20.1. The minimum absolute atomic E-state index is 0. The van der Waals surface area contributed by atoms with E-state index in [4.69, 9.17) is 0 Å². The highest BCUT2D eigenvalue weighted by molar-refractivity contribution is 14.0. The number of aliphatic imine (C=N–C) groups is 1. The predicted octanol–water partition coefficient (Wildman–Crippen LogP) is 2.99. The van der Waals surface area contributed by atoms with Crippen molar-refractivity contribution >= 4 is 40.0 Å². The fourth-order valence-corrected chi connectivity index (χ4v) is 3.36. The van der Waals surface area contributed by atoms with Crippen LogP contribution in [-0.4, -0.2) is 35.0 Å². The van der Waals surface area contributed by atoms with Crippen LogP contribution in [0, 0.1) is 5.82 Å². The molecule has 29 heavy (non-hydrogen) atoms. The summed E-state index contributed by atoms with van der Waals surface area (Å²) in [7, 11) is -0.384. The zero-order chi connectivity index (χ0) is 20.8. The van der Waals surface area contributed by atoms with Crippen molar-refractivity contribution in [3.63, 3.8) is 0 Å². The van der Waals surface area contributed by atoms with Gasteiger partial charge in [-0.15, -0.1) is 24.0 Å². The summed E-state index contributed by atoms with van der Waals surface area (Å²) in [5.41, 5.74) is 1.53. The first-order valence-corrected chi connectivity index (χ1v) is 10.4. The van der Waals surface area contributed by atoms with Crippen molar-refractivity contribution in [2.24, 2.45) is 4.99 Å². The van der Waals surface area contributed by atoms with E-state index in [1.54, 1.807) is 43.4 Å². The van der Waals surface area contributed by atoms with Gasteiger partial charge in [-0.2, -0.15) is 0 Å². The quantitative estimate of drug-likeness (QED) is 0.290. The van der Waals surface area contributed by atoms with Crippen LogP contribution in [0.5, 0.6) is 0 Å². The molecule has 0 aliphatic heterocycles. The number of halogens is 2. The van der Waals surface area contributed by atoms with Crippen molar-refractivity contribution in [2.75, 3.05) is 20.6 Å². The molecule has 0 aliphatic carbocycles. The Balaban J connectivity index is 0.00000420. The molecule has 3 N–H and O–H groups in total. The van der Waals surface area contributed by atoms with Crippen molar-refractivity contribution in [3.8, 4) is 0 Å². The van der Waals surface area contributed by atoms with Crippen LogP contribution in [0.1, 0.15) is 25.0 Å². The Labute approximate surface area is 189 Å². The highest BCUT2D eigenvalue weighted by atomic mass is 127. The second kappa shape index (κ2) is 10.9. The van der Waals surface area contributed by atoms with Gasteiger partial charge >= 0.3 is 0 Å². The third-order valence-corrected chi connectivity index (χ3v) is 5.92. The second-order valence-electron chi connectivity index (χ2n) is 7.03. The standard InChI is InChI=1S/C20H27FN4O2S.HI/c1-20(2,16-6-5-7-17(21)12-16)14-25-19(22-3)24-13-15-8-10-18(11-9-15)28(26,27)23-4;/h5-12,23H,13-14H2,1-4H3,(H2,22,24,25);1H. The molecule has 2 rings (SSSR count). The highest BCUT2D eigenvalue weighted by Crippen LogP contribution is 2.22. The van der Waals surface area contributed by atoms with Gasteiger partial charge in [-0.05, 0) is 42.4 Å². The predicted molar refractivity (Wildman–Crippen MR) is 126 cm³/mol. The fraction of sp³-hybridized carbons (Fsp3) is 0.350. The van der Waals surface area contributed by atoms with E-state index in [2.05, 4.69) is 20.3 Å². The van der Waals surface area contributed by atoms with Crippen LogP contribution in [0.4, 0.5) is 4.39 Å². The van der Waals surface area contributed by atoms with E-state index in [9.17, 15) is 12.8 Å². The summed E-state index contributed by atoms with van der Waals surface area (Å²) >= 11 is 0. The van der Waals surface area contributed by atoms with Gasteiger partial charge in [-0.1, -0.05) is 38.1 Å². The lowest BCUT2D eigenvalue weighted by Crippen LogP contribution is -2.43. The molecule has 0 saturated carbocycles. The van der Waals surface area contributed by atoms with Crippen molar-refractivity contribution in [2.45, 2.75) is 30.7 Å². The number of hydrogen-bond acceptors (Lipinski definition) is 3. The van der Waals surface area contributed by atoms with E-state index >= 15 is 0 Å². The Morgan fingerprint density at radius 1 is 1.10 bits per heavy atom. The van der Waals surface area contributed by atoms with Gasteiger partial charge in [-0.3, -0.25) is 4.99 Å². The van der Waals surface area contributed by atoms with Crippen molar-refractivity contribution in [1.29, 1.82) is 0 Å². The van der Waals surface area contributed by atoms with Gasteiger partial charge in [0.15, 0.2) is 5.96 Å². The number of sulfonamides is 1. The van der Waals surface area contributed by atoms with E-state index in [-0.39, 0.29) is 40.1 Å². The molecule has 2 aromatic rings. The number of benzene rings is 2. The molecule has 9 heteroatoms. The van der Waals surface area contributed by atoms with E-state index in [0.717, 1.165) is 11.1 Å². The van der Waals surface area contributed by atoms with Gasteiger partial charge in [-0.25, -0.2) is 17.5 Å². The molecule has 0 bridgehead atoms. The van der Waals surface area contributed by atoms with Gasteiger partial charge in [0.05, 0.1) is 4.90 Å². The van der Waals surface area contributed by atoms with Crippen molar-refractivity contribution in [3.05, 3.63) is 65.5 Å². The molecule has 0 spiro atoms. The zero-order valence-electron chi connectivity index (χ0n) is 17.0. The van der Waals surface area contributed by atoms with Crippen LogP contribution in [0.15, 0.2) is 58.4 Å². The second-order valence-corrected chi connectivity index (χ2v) is 8.91. The molecule has 0 unspecified atom stereocenters. The third kappa shape index (κ3) is 7.23. The van der Waals surface area contributed by atoms with Crippen LogP contribution in [-0.2, 0) is 22.0 Å². The summed E-state index contributed by atoms with van der Waals surface area (Å²) in [5, 5.41) is 6.45. The molecule has 0 aliphatic rings. The van der Waals surface area contributed by atoms with Crippen LogP contribution in [0.25, 0.3) is 0 Å². The smallest absolute Gasteiger partial charge is 0.240 e. The molecule has 0 fully saturated rings. The lowest BCUT2D eigenvalue weighted by molar-refractivity contribution is 0.503. The van der Waals surface area contributed by atoms with E-state index < -0.39 is 10.0 Å². The fourth-order valence-electron chi connectivity index (χ4n) is 2.63. The Hall–Kier alpha value is -1.72.